The Morgan fingerprint density at radius 3 is 2.77 bits per heavy atom. The first-order chi connectivity index (χ1) is 10.4. The summed E-state index contributed by atoms with van der Waals surface area (Å²) in [4.78, 5) is 28.4. The zero-order valence-electron chi connectivity index (χ0n) is 11.1. The summed E-state index contributed by atoms with van der Waals surface area (Å²) in [5.74, 6) is -0.541. The molecular weight excluding hydrogens is 436 g/mol. The largest absolute Gasteiger partial charge is 0.421 e. The maximum Gasteiger partial charge on any atom is 0.349 e. The molecule has 0 atom stereocenters. The van der Waals surface area contributed by atoms with Gasteiger partial charge in [-0.3, -0.25) is 10.1 Å². The number of halogens is 2. The molecule has 112 valence electrons. The van der Waals surface area contributed by atoms with Crippen LogP contribution in [0.25, 0.3) is 11.0 Å². The highest BCUT2D eigenvalue weighted by atomic mass is 79.9. The normalized spacial score (nSPS) is 10.9. The number of nitrogens with zero attached hydrogens (tertiary/aromatic N) is 1. The number of thiazole rings is 1. The van der Waals surface area contributed by atoms with Crippen molar-refractivity contribution in [3.63, 3.8) is 0 Å². The summed E-state index contributed by atoms with van der Waals surface area (Å²) >= 11 is 7.99. The Balaban J connectivity index is 2.05. The molecule has 0 unspecified atom stereocenters. The second-order valence-electron chi connectivity index (χ2n) is 4.50. The van der Waals surface area contributed by atoms with E-state index >= 15 is 0 Å². The summed E-state index contributed by atoms with van der Waals surface area (Å²) in [5.41, 5.74) is 0.445. The predicted octanol–water partition coefficient (Wildman–Crippen LogP) is 4.34. The van der Waals surface area contributed by atoms with Crippen LogP contribution in [0.5, 0.6) is 0 Å². The molecule has 8 heteroatoms. The molecule has 2 aromatic heterocycles. The second-order valence-corrected chi connectivity index (χ2v) is 7.13. The zero-order valence-corrected chi connectivity index (χ0v) is 15.1. The molecule has 5 nitrogen and oxygen atoms in total. The van der Waals surface area contributed by atoms with Gasteiger partial charge in [0.1, 0.15) is 5.56 Å². The predicted molar refractivity (Wildman–Crippen MR) is 92.7 cm³/mol. The van der Waals surface area contributed by atoms with Crippen LogP contribution in [0.2, 0.25) is 0 Å². The number of aryl methyl sites for hydroxylation is 1. The molecule has 0 aliphatic heterocycles. The van der Waals surface area contributed by atoms with Crippen LogP contribution < -0.4 is 10.9 Å². The number of hydrogen-bond donors (Lipinski definition) is 1. The van der Waals surface area contributed by atoms with Crippen LogP contribution in [0.1, 0.15) is 16.1 Å². The van der Waals surface area contributed by atoms with Crippen molar-refractivity contribution in [1.82, 2.24) is 4.98 Å². The molecule has 0 bridgehead atoms. The first-order valence-electron chi connectivity index (χ1n) is 6.10. The van der Waals surface area contributed by atoms with E-state index in [9.17, 15) is 9.59 Å². The van der Waals surface area contributed by atoms with E-state index in [1.807, 2.05) is 12.3 Å². The van der Waals surface area contributed by atoms with Gasteiger partial charge in [0.2, 0.25) is 0 Å². The molecule has 0 radical (unpaired) electrons. The lowest BCUT2D eigenvalue weighted by Gasteiger charge is -2.04. The van der Waals surface area contributed by atoms with E-state index in [1.54, 1.807) is 12.1 Å². The number of carbonyl (C=O) groups is 1. The molecule has 0 aliphatic carbocycles. The number of carbonyl (C=O) groups excluding carboxylic acids is 1. The molecule has 0 spiro atoms. The van der Waals surface area contributed by atoms with Crippen molar-refractivity contribution in [3.8, 4) is 0 Å². The highest BCUT2D eigenvalue weighted by Crippen LogP contribution is 2.28. The molecule has 22 heavy (non-hydrogen) atoms. The Labute approximate surface area is 145 Å². The fourth-order valence-corrected chi connectivity index (χ4v) is 3.91. The lowest BCUT2D eigenvalue weighted by Crippen LogP contribution is -2.20. The SMILES string of the molecule is Cc1csc(NC(=O)c2cc3cc(Br)cc(Br)c3oc2=O)n1. The van der Waals surface area contributed by atoms with Gasteiger partial charge in [-0.2, -0.15) is 0 Å². The number of amides is 1. The van der Waals surface area contributed by atoms with E-state index < -0.39 is 11.5 Å². The molecule has 1 amide bonds. The third-order valence-electron chi connectivity index (χ3n) is 2.84. The minimum Gasteiger partial charge on any atom is -0.421 e. The van der Waals surface area contributed by atoms with Gasteiger partial charge in [0, 0.05) is 15.2 Å². The molecule has 2 heterocycles. The summed E-state index contributed by atoms with van der Waals surface area (Å²) < 4.78 is 6.69. The van der Waals surface area contributed by atoms with Crippen molar-refractivity contribution in [2.75, 3.05) is 5.32 Å². The number of rotatable bonds is 2. The lowest BCUT2D eigenvalue weighted by molar-refractivity contribution is 0.102. The number of fused-ring (bicyclic) bond motifs is 1. The van der Waals surface area contributed by atoms with Crippen LogP contribution in [0, 0.1) is 6.92 Å². The number of hydrogen-bond acceptors (Lipinski definition) is 5. The van der Waals surface area contributed by atoms with Crippen LogP contribution in [-0.4, -0.2) is 10.9 Å². The van der Waals surface area contributed by atoms with E-state index in [0.29, 0.717) is 20.6 Å². The van der Waals surface area contributed by atoms with Gasteiger partial charge in [-0.15, -0.1) is 11.3 Å². The Morgan fingerprint density at radius 1 is 1.32 bits per heavy atom. The Hall–Kier alpha value is -1.51. The third kappa shape index (κ3) is 2.99. The standard InChI is InChI=1S/C14H8Br2N2O3S/c1-6-5-22-14(17-6)18-12(19)9-3-7-2-8(15)4-10(16)11(7)21-13(9)20/h2-5H,1H3,(H,17,18,19). The zero-order chi connectivity index (χ0) is 15.9. The highest BCUT2D eigenvalue weighted by Gasteiger charge is 2.16. The Morgan fingerprint density at radius 2 is 2.09 bits per heavy atom. The van der Waals surface area contributed by atoms with Gasteiger partial charge >= 0.3 is 5.63 Å². The summed E-state index contributed by atoms with van der Waals surface area (Å²) in [7, 11) is 0. The van der Waals surface area contributed by atoms with Gasteiger partial charge in [0.05, 0.1) is 10.2 Å². The first-order valence-corrected chi connectivity index (χ1v) is 8.57. The van der Waals surface area contributed by atoms with Gasteiger partial charge in [-0.1, -0.05) is 15.9 Å². The van der Waals surface area contributed by atoms with E-state index in [4.69, 9.17) is 4.42 Å². The van der Waals surface area contributed by atoms with Crippen molar-refractivity contribution in [2.24, 2.45) is 0 Å². The minimum atomic E-state index is -0.693. The minimum absolute atomic E-state index is 0.0645. The summed E-state index contributed by atoms with van der Waals surface area (Å²) in [6.07, 6.45) is 0. The van der Waals surface area contributed by atoms with Crippen LogP contribution in [0.3, 0.4) is 0 Å². The van der Waals surface area contributed by atoms with Crippen molar-refractivity contribution in [1.29, 1.82) is 0 Å². The third-order valence-corrected chi connectivity index (χ3v) is 4.76. The summed E-state index contributed by atoms with van der Waals surface area (Å²) in [6, 6.07) is 5.04. The quantitative estimate of drug-likeness (QED) is 0.598. The van der Waals surface area contributed by atoms with Crippen LogP contribution in [0.15, 0.2) is 41.7 Å². The maximum absolute atomic E-state index is 12.2. The van der Waals surface area contributed by atoms with Gasteiger partial charge in [0.25, 0.3) is 5.91 Å². The number of aromatic nitrogens is 1. The maximum atomic E-state index is 12.2. The first kappa shape index (κ1) is 15.4. The Kier molecular flexibility index (Phi) is 4.16. The molecule has 0 aliphatic rings. The average molecular weight is 444 g/mol. The average Bonchev–Trinajstić information content (AvgIpc) is 2.84. The fourth-order valence-electron chi connectivity index (χ4n) is 1.89. The van der Waals surface area contributed by atoms with E-state index in [1.165, 1.54) is 17.4 Å². The number of benzene rings is 1. The van der Waals surface area contributed by atoms with E-state index in [-0.39, 0.29) is 5.56 Å². The van der Waals surface area contributed by atoms with Gasteiger partial charge in [-0.25, -0.2) is 9.78 Å². The molecule has 0 fully saturated rings. The van der Waals surface area contributed by atoms with E-state index in [0.717, 1.165) is 10.2 Å². The molecule has 0 saturated heterocycles. The van der Waals surface area contributed by atoms with Crippen molar-refractivity contribution < 1.29 is 9.21 Å². The summed E-state index contributed by atoms with van der Waals surface area (Å²) in [5, 5.41) is 5.49. The Bertz CT molecular complexity index is 949. The molecule has 1 aromatic carbocycles. The number of nitrogens with one attached hydrogen (secondary N) is 1. The monoisotopic (exact) mass is 442 g/mol. The van der Waals surface area contributed by atoms with Crippen LogP contribution >= 0.6 is 43.2 Å². The molecule has 3 aromatic rings. The smallest absolute Gasteiger partial charge is 0.349 e. The van der Waals surface area contributed by atoms with Crippen molar-refractivity contribution >= 4 is 65.2 Å². The second kappa shape index (κ2) is 5.94. The van der Waals surface area contributed by atoms with Gasteiger partial charge in [-0.05, 0) is 41.1 Å². The number of anilines is 1. The summed E-state index contributed by atoms with van der Waals surface area (Å²) in [6.45, 7) is 1.82. The van der Waals surface area contributed by atoms with E-state index in [2.05, 4.69) is 42.2 Å². The van der Waals surface area contributed by atoms with Crippen molar-refractivity contribution in [2.45, 2.75) is 6.92 Å². The molecule has 1 N–H and O–H groups in total. The molecular formula is C14H8Br2N2O3S. The lowest BCUT2D eigenvalue weighted by atomic mass is 10.2. The fraction of sp³-hybridized carbons (Fsp3) is 0.0714. The molecule has 3 rings (SSSR count). The van der Waals surface area contributed by atoms with Gasteiger partial charge < -0.3 is 4.42 Å². The van der Waals surface area contributed by atoms with Gasteiger partial charge in [0.15, 0.2) is 10.7 Å². The van der Waals surface area contributed by atoms with Crippen LogP contribution in [0.4, 0.5) is 5.13 Å². The topological polar surface area (TPSA) is 72.2 Å². The highest BCUT2D eigenvalue weighted by molar-refractivity contribution is 9.11. The van der Waals surface area contributed by atoms with Crippen LogP contribution in [-0.2, 0) is 0 Å². The van der Waals surface area contributed by atoms with Crippen molar-refractivity contribution in [3.05, 3.63) is 54.2 Å². The molecule has 0 saturated carbocycles.